The molecule has 1 amide bonds. The highest BCUT2D eigenvalue weighted by atomic mass is 19.4. The molecule has 1 saturated carbocycles. The first-order valence-electron chi connectivity index (χ1n) is 6.00. The van der Waals surface area contributed by atoms with Gasteiger partial charge >= 0.3 is 6.18 Å². The van der Waals surface area contributed by atoms with Gasteiger partial charge in [0, 0.05) is 11.6 Å². The minimum Gasteiger partial charge on any atom is -0.508 e. The number of benzene rings is 1. The molecule has 0 atom stereocenters. The van der Waals surface area contributed by atoms with Gasteiger partial charge < -0.3 is 10.0 Å². The Bertz CT molecular complexity index is 469. The van der Waals surface area contributed by atoms with Crippen LogP contribution in [0, 0.1) is 0 Å². The molecule has 6 heteroatoms. The van der Waals surface area contributed by atoms with Gasteiger partial charge in [-0.15, -0.1) is 0 Å². The van der Waals surface area contributed by atoms with E-state index in [1.807, 2.05) is 0 Å². The van der Waals surface area contributed by atoms with E-state index in [1.54, 1.807) is 12.1 Å². The number of nitrogens with zero attached hydrogens (tertiary/aromatic N) is 1. The number of carbonyl (C=O) groups excluding carboxylic acids is 1. The van der Waals surface area contributed by atoms with Gasteiger partial charge in [-0.3, -0.25) is 4.79 Å². The van der Waals surface area contributed by atoms with Crippen LogP contribution >= 0.6 is 0 Å². The summed E-state index contributed by atoms with van der Waals surface area (Å²) in [5.74, 6) is -0.667. The van der Waals surface area contributed by atoms with Gasteiger partial charge in [0.1, 0.15) is 12.3 Å². The normalized spacial score (nSPS) is 15.3. The quantitative estimate of drug-likeness (QED) is 0.915. The molecular formula is C13H14F3NO2. The number of phenols is 1. The van der Waals surface area contributed by atoms with Gasteiger partial charge in [-0.2, -0.15) is 13.2 Å². The Morgan fingerprint density at radius 2 is 1.95 bits per heavy atom. The minimum atomic E-state index is -4.39. The predicted octanol–water partition coefficient (Wildman–Crippen LogP) is 2.49. The van der Waals surface area contributed by atoms with Crippen LogP contribution in [0.2, 0.25) is 0 Å². The van der Waals surface area contributed by atoms with Crippen LogP contribution in [0.5, 0.6) is 5.75 Å². The Hall–Kier alpha value is -1.72. The summed E-state index contributed by atoms with van der Waals surface area (Å²) in [6, 6.07) is 5.87. The monoisotopic (exact) mass is 273 g/mol. The van der Waals surface area contributed by atoms with E-state index in [4.69, 9.17) is 0 Å². The highest BCUT2D eigenvalue weighted by Gasteiger charge is 2.40. The lowest BCUT2D eigenvalue weighted by atomic mass is 10.1. The third-order valence-corrected chi connectivity index (χ3v) is 2.99. The maximum absolute atomic E-state index is 12.4. The zero-order valence-corrected chi connectivity index (χ0v) is 10.2. The van der Waals surface area contributed by atoms with E-state index in [0.29, 0.717) is 18.4 Å². The molecule has 0 spiro atoms. The molecule has 1 N–H and O–H groups in total. The highest BCUT2D eigenvalue weighted by molar-refractivity contribution is 5.80. The van der Waals surface area contributed by atoms with Crippen molar-refractivity contribution in [2.45, 2.75) is 31.5 Å². The van der Waals surface area contributed by atoms with Crippen LogP contribution in [-0.2, 0) is 11.2 Å². The molecule has 1 aromatic rings. The molecule has 0 aromatic heterocycles. The summed E-state index contributed by atoms with van der Waals surface area (Å²) in [5, 5.41) is 9.54. The Labute approximate surface area is 108 Å². The zero-order valence-electron chi connectivity index (χ0n) is 10.2. The van der Waals surface area contributed by atoms with Crippen LogP contribution in [0.4, 0.5) is 13.2 Å². The average Bonchev–Trinajstić information content (AvgIpc) is 3.12. The van der Waals surface area contributed by atoms with Crippen LogP contribution in [0.25, 0.3) is 0 Å². The van der Waals surface area contributed by atoms with Crippen LogP contribution in [0.15, 0.2) is 24.3 Å². The number of hydrogen-bond acceptors (Lipinski definition) is 2. The van der Waals surface area contributed by atoms with E-state index < -0.39 is 18.6 Å². The van der Waals surface area contributed by atoms with Gasteiger partial charge in [-0.25, -0.2) is 0 Å². The van der Waals surface area contributed by atoms with Gasteiger partial charge in [0.15, 0.2) is 0 Å². The van der Waals surface area contributed by atoms with Crippen molar-refractivity contribution in [2.24, 2.45) is 0 Å². The SMILES string of the molecule is O=C(Cc1ccccc1O)N(CC(F)(F)F)C1CC1. The number of alkyl halides is 3. The van der Waals surface area contributed by atoms with Crippen LogP contribution < -0.4 is 0 Å². The molecule has 104 valence electrons. The predicted molar refractivity (Wildman–Crippen MR) is 62.6 cm³/mol. The molecule has 0 saturated heterocycles. The Kier molecular flexibility index (Phi) is 3.68. The van der Waals surface area contributed by atoms with Crippen molar-refractivity contribution in [3.8, 4) is 5.75 Å². The maximum atomic E-state index is 12.4. The van der Waals surface area contributed by atoms with E-state index >= 15 is 0 Å². The van der Waals surface area contributed by atoms with Crippen molar-refractivity contribution in [1.82, 2.24) is 4.90 Å². The number of carbonyl (C=O) groups is 1. The molecule has 0 heterocycles. The molecule has 0 aliphatic heterocycles. The van der Waals surface area contributed by atoms with Crippen molar-refractivity contribution >= 4 is 5.91 Å². The summed E-state index contributed by atoms with van der Waals surface area (Å²) in [6.07, 6.45) is -3.37. The molecule has 0 radical (unpaired) electrons. The second-order valence-corrected chi connectivity index (χ2v) is 4.67. The fraction of sp³-hybridized carbons (Fsp3) is 0.462. The number of phenolic OH excluding ortho intramolecular Hbond substituents is 1. The summed E-state index contributed by atoms with van der Waals surface area (Å²) in [7, 11) is 0. The summed E-state index contributed by atoms with van der Waals surface area (Å²) in [5.41, 5.74) is 0.348. The molecule has 1 fully saturated rings. The van der Waals surface area contributed by atoms with Crippen molar-refractivity contribution in [3.63, 3.8) is 0 Å². The summed E-state index contributed by atoms with van der Waals surface area (Å²) < 4.78 is 37.3. The molecule has 2 rings (SSSR count). The molecule has 19 heavy (non-hydrogen) atoms. The van der Waals surface area contributed by atoms with Gasteiger partial charge in [-0.1, -0.05) is 18.2 Å². The lowest BCUT2D eigenvalue weighted by molar-refractivity contribution is -0.162. The van der Waals surface area contributed by atoms with Gasteiger partial charge in [0.05, 0.1) is 6.42 Å². The second kappa shape index (κ2) is 5.11. The number of amides is 1. The Morgan fingerprint density at radius 3 is 2.47 bits per heavy atom. The molecule has 1 aliphatic rings. The average molecular weight is 273 g/mol. The number of rotatable bonds is 4. The largest absolute Gasteiger partial charge is 0.508 e. The van der Waals surface area contributed by atoms with Crippen LogP contribution in [0.1, 0.15) is 18.4 Å². The van der Waals surface area contributed by atoms with E-state index in [-0.39, 0.29) is 18.2 Å². The minimum absolute atomic E-state index is 0.0707. The summed E-state index contributed by atoms with van der Waals surface area (Å²) in [6.45, 7) is -1.22. The van der Waals surface area contributed by atoms with E-state index in [9.17, 15) is 23.1 Å². The summed E-state index contributed by atoms with van der Waals surface area (Å²) >= 11 is 0. The molecule has 0 bridgehead atoms. The molecule has 1 aliphatic carbocycles. The van der Waals surface area contributed by atoms with Gasteiger partial charge in [0.2, 0.25) is 5.91 Å². The molecule has 3 nitrogen and oxygen atoms in total. The fourth-order valence-electron chi connectivity index (χ4n) is 1.93. The number of halogens is 3. The van der Waals surface area contributed by atoms with Gasteiger partial charge in [-0.05, 0) is 18.9 Å². The third-order valence-electron chi connectivity index (χ3n) is 2.99. The first kappa shape index (κ1) is 13.7. The van der Waals surface area contributed by atoms with Crippen LogP contribution in [0.3, 0.4) is 0 Å². The van der Waals surface area contributed by atoms with E-state index in [1.165, 1.54) is 12.1 Å². The van der Waals surface area contributed by atoms with Crippen molar-refractivity contribution in [3.05, 3.63) is 29.8 Å². The first-order valence-corrected chi connectivity index (χ1v) is 6.00. The fourth-order valence-corrected chi connectivity index (χ4v) is 1.93. The molecular weight excluding hydrogens is 259 g/mol. The number of para-hydroxylation sites is 1. The van der Waals surface area contributed by atoms with Crippen molar-refractivity contribution in [2.75, 3.05) is 6.54 Å². The van der Waals surface area contributed by atoms with Crippen LogP contribution in [-0.4, -0.2) is 34.7 Å². The lowest BCUT2D eigenvalue weighted by Gasteiger charge is -2.24. The first-order chi connectivity index (χ1) is 8.87. The maximum Gasteiger partial charge on any atom is 0.406 e. The molecule has 1 aromatic carbocycles. The number of aromatic hydroxyl groups is 1. The van der Waals surface area contributed by atoms with Crippen molar-refractivity contribution < 1.29 is 23.1 Å². The second-order valence-electron chi connectivity index (χ2n) is 4.67. The lowest BCUT2D eigenvalue weighted by Crippen LogP contribution is -2.41. The Morgan fingerprint density at radius 1 is 1.32 bits per heavy atom. The third kappa shape index (κ3) is 3.87. The topological polar surface area (TPSA) is 40.5 Å². The highest BCUT2D eigenvalue weighted by Crippen LogP contribution is 2.31. The summed E-state index contributed by atoms with van der Waals surface area (Å²) in [4.78, 5) is 12.8. The Balaban J connectivity index is 2.06. The van der Waals surface area contributed by atoms with E-state index in [0.717, 1.165) is 4.90 Å². The zero-order chi connectivity index (χ0) is 14.0. The van der Waals surface area contributed by atoms with E-state index in [2.05, 4.69) is 0 Å². The van der Waals surface area contributed by atoms with Crippen molar-refractivity contribution in [1.29, 1.82) is 0 Å². The molecule has 0 unspecified atom stereocenters. The van der Waals surface area contributed by atoms with Gasteiger partial charge in [0.25, 0.3) is 0 Å². The smallest absolute Gasteiger partial charge is 0.406 e. The number of hydrogen-bond donors (Lipinski definition) is 1. The standard InChI is InChI=1S/C13H14F3NO2/c14-13(15,16)8-17(10-5-6-10)12(19)7-9-3-1-2-4-11(9)18/h1-4,10,18H,5-8H2.